The second kappa shape index (κ2) is 4.69. The summed E-state index contributed by atoms with van der Waals surface area (Å²) in [5.74, 6) is 0. The lowest BCUT2D eigenvalue weighted by molar-refractivity contribution is -0.546. The molecule has 0 heterocycles. The van der Waals surface area contributed by atoms with E-state index < -0.39 is 0 Å². The van der Waals surface area contributed by atoms with Crippen LogP contribution in [0.1, 0.15) is 44.6 Å². The van der Waals surface area contributed by atoms with Crippen LogP contribution in [0.5, 0.6) is 0 Å². The van der Waals surface area contributed by atoms with Crippen molar-refractivity contribution in [3.63, 3.8) is 0 Å². The molecule has 0 radical (unpaired) electrons. The second-order valence-electron chi connectivity index (χ2n) is 4.92. The monoisotopic (exact) mass is 217 g/mol. The summed E-state index contributed by atoms with van der Waals surface area (Å²) in [5.41, 5.74) is 0.804. The Morgan fingerprint density at radius 2 is 1.75 bits per heavy atom. The molecule has 0 N–H and O–H groups in total. The lowest BCUT2D eigenvalue weighted by Gasteiger charge is -2.31. The molecule has 1 aliphatic carbocycles. The van der Waals surface area contributed by atoms with Crippen molar-refractivity contribution in [1.82, 2.24) is 0 Å². The van der Waals surface area contributed by atoms with Crippen LogP contribution < -0.4 is 0 Å². The van der Waals surface area contributed by atoms with Crippen molar-refractivity contribution < 1.29 is 4.74 Å². The quantitative estimate of drug-likeness (QED) is 0.323. The lowest BCUT2D eigenvalue weighted by Crippen LogP contribution is -2.38. The fourth-order valence-corrected chi connectivity index (χ4v) is 2.36. The van der Waals surface area contributed by atoms with Crippen LogP contribution in [0.2, 0.25) is 0 Å². The topological polar surface area (TPSA) is 26.1 Å². The minimum absolute atomic E-state index is 0.186. The second-order valence-corrected chi connectivity index (χ2v) is 4.92. The molecule has 0 atom stereocenters. The fraction of sp³-hybridized carbons (Fsp3) is 0.500. The molecule has 1 aromatic rings. The zero-order chi connectivity index (χ0) is 11.4. The Kier molecular flexibility index (Phi) is 3.28. The van der Waals surface area contributed by atoms with Gasteiger partial charge in [0.05, 0.1) is 0 Å². The zero-order valence-corrected chi connectivity index (χ0v) is 9.86. The maximum absolute atomic E-state index is 12.2. The first-order valence-corrected chi connectivity index (χ1v) is 6.07. The van der Waals surface area contributed by atoms with Crippen LogP contribution in [0.15, 0.2) is 30.3 Å². The standard InChI is InChI=1S/C14H19NO/c1-14(10-6-3-7-11-14)15(16)12-13-8-4-2-5-9-13/h2,4-5,8-9,12H,3,6-7,10-11H2,1H3. The van der Waals surface area contributed by atoms with Gasteiger partial charge in [-0.3, -0.25) is 0 Å². The van der Waals surface area contributed by atoms with Crippen molar-refractivity contribution in [3.8, 4) is 0 Å². The first kappa shape index (κ1) is 11.2. The number of rotatable bonds is 2. The van der Waals surface area contributed by atoms with Crippen molar-refractivity contribution in [2.45, 2.75) is 44.6 Å². The average Bonchev–Trinajstić information content (AvgIpc) is 2.31. The van der Waals surface area contributed by atoms with Crippen LogP contribution >= 0.6 is 0 Å². The van der Waals surface area contributed by atoms with Crippen LogP contribution in [-0.2, 0) is 0 Å². The van der Waals surface area contributed by atoms with Crippen LogP contribution in [0.3, 0.4) is 0 Å². The Balaban J connectivity index is 2.17. The van der Waals surface area contributed by atoms with E-state index in [1.54, 1.807) is 6.21 Å². The van der Waals surface area contributed by atoms with Gasteiger partial charge in [-0.2, -0.15) is 0 Å². The third-order valence-corrected chi connectivity index (χ3v) is 3.53. The Bertz CT molecular complexity index is 364. The summed E-state index contributed by atoms with van der Waals surface area (Å²) in [5, 5.41) is 12.2. The van der Waals surface area contributed by atoms with Gasteiger partial charge >= 0.3 is 0 Å². The van der Waals surface area contributed by atoms with Gasteiger partial charge in [-0.25, -0.2) is 4.74 Å². The molecule has 0 aliphatic heterocycles. The van der Waals surface area contributed by atoms with Crippen LogP contribution in [0.4, 0.5) is 0 Å². The van der Waals surface area contributed by atoms with E-state index in [1.807, 2.05) is 30.3 Å². The maximum atomic E-state index is 12.2. The molecule has 16 heavy (non-hydrogen) atoms. The molecule has 0 spiro atoms. The molecular weight excluding hydrogens is 198 g/mol. The Morgan fingerprint density at radius 3 is 2.38 bits per heavy atom. The van der Waals surface area contributed by atoms with Crippen molar-refractivity contribution in [2.24, 2.45) is 0 Å². The van der Waals surface area contributed by atoms with E-state index in [1.165, 1.54) is 24.0 Å². The van der Waals surface area contributed by atoms with Crippen molar-refractivity contribution in [2.75, 3.05) is 0 Å². The number of benzene rings is 1. The molecule has 2 rings (SSSR count). The third kappa shape index (κ3) is 2.43. The van der Waals surface area contributed by atoms with Gasteiger partial charge in [-0.05, 0) is 25.0 Å². The summed E-state index contributed by atoms with van der Waals surface area (Å²) in [7, 11) is 0. The molecule has 0 amide bonds. The van der Waals surface area contributed by atoms with E-state index in [0.29, 0.717) is 0 Å². The summed E-state index contributed by atoms with van der Waals surface area (Å²) >= 11 is 0. The van der Waals surface area contributed by atoms with Crippen LogP contribution in [-0.4, -0.2) is 16.5 Å². The van der Waals surface area contributed by atoms with Gasteiger partial charge in [0.15, 0.2) is 11.8 Å². The van der Waals surface area contributed by atoms with E-state index in [4.69, 9.17) is 0 Å². The molecule has 0 aromatic heterocycles. The number of hydroxylamine groups is 1. The van der Waals surface area contributed by atoms with Gasteiger partial charge in [-0.1, -0.05) is 24.6 Å². The molecule has 1 saturated carbocycles. The predicted molar refractivity (Wildman–Crippen MR) is 66.7 cm³/mol. The largest absolute Gasteiger partial charge is 0.623 e. The first-order valence-electron chi connectivity index (χ1n) is 6.07. The van der Waals surface area contributed by atoms with Crippen molar-refractivity contribution in [1.29, 1.82) is 0 Å². The van der Waals surface area contributed by atoms with Crippen molar-refractivity contribution >= 4 is 6.21 Å². The SMILES string of the molecule is CC1([N+]([O-])=Cc2ccccc2)CCCCC1. The molecule has 0 unspecified atom stereocenters. The Labute approximate surface area is 97.2 Å². The summed E-state index contributed by atoms with van der Waals surface area (Å²) < 4.78 is 1.17. The van der Waals surface area contributed by atoms with E-state index in [9.17, 15) is 5.21 Å². The highest BCUT2D eigenvalue weighted by Gasteiger charge is 2.34. The van der Waals surface area contributed by atoms with E-state index in [2.05, 4.69) is 6.92 Å². The summed E-state index contributed by atoms with van der Waals surface area (Å²) in [6.45, 7) is 2.08. The lowest BCUT2D eigenvalue weighted by atomic mass is 9.83. The van der Waals surface area contributed by atoms with Gasteiger partial charge in [0.25, 0.3) is 0 Å². The van der Waals surface area contributed by atoms with Gasteiger partial charge in [-0.15, -0.1) is 0 Å². The predicted octanol–water partition coefficient (Wildman–Crippen LogP) is 3.34. The van der Waals surface area contributed by atoms with Gasteiger partial charge < -0.3 is 5.21 Å². The molecular formula is C14H19NO. The molecule has 2 nitrogen and oxygen atoms in total. The van der Waals surface area contributed by atoms with Crippen LogP contribution in [0, 0.1) is 5.21 Å². The van der Waals surface area contributed by atoms with Crippen molar-refractivity contribution in [3.05, 3.63) is 41.1 Å². The van der Waals surface area contributed by atoms with E-state index >= 15 is 0 Å². The molecule has 86 valence electrons. The fourth-order valence-electron chi connectivity index (χ4n) is 2.36. The molecule has 1 fully saturated rings. The highest BCUT2D eigenvalue weighted by molar-refractivity contribution is 5.75. The van der Waals surface area contributed by atoms with E-state index in [0.717, 1.165) is 18.4 Å². The Hall–Kier alpha value is -1.31. The van der Waals surface area contributed by atoms with Crippen LogP contribution in [0.25, 0.3) is 0 Å². The summed E-state index contributed by atoms with van der Waals surface area (Å²) in [6.07, 6.45) is 7.38. The number of nitrogens with zero attached hydrogens (tertiary/aromatic N) is 1. The molecule has 2 heteroatoms. The van der Waals surface area contributed by atoms with Gasteiger partial charge in [0, 0.05) is 25.3 Å². The van der Waals surface area contributed by atoms with Gasteiger partial charge in [0.2, 0.25) is 0 Å². The van der Waals surface area contributed by atoms with Gasteiger partial charge in [0.1, 0.15) is 0 Å². The number of hydrogen-bond acceptors (Lipinski definition) is 1. The third-order valence-electron chi connectivity index (χ3n) is 3.53. The average molecular weight is 217 g/mol. The number of hydrogen-bond donors (Lipinski definition) is 0. The zero-order valence-electron chi connectivity index (χ0n) is 9.86. The minimum atomic E-state index is -0.186. The minimum Gasteiger partial charge on any atom is -0.623 e. The highest BCUT2D eigenvalue weighted by Crippen LogP contribution is 2.30. The Morgan fingerprint density at radius 1 is 1.12 bits per heavy atom. The highest BCUT2D eigenvalue weighted by atomic mass is 16.5. The van der Waals surface area contributed by atoms with E-state index in [-0.39, 0.29) is 5.54 Å². The molecule has 1 aliphatic rings. The molecule has 0 saturated heterocycles. The molecule has 1 aromatic carbocycles. The smallest absolute Gasteiger partial charge is 0.182 e. The summed E-state index contributed by atoms with van der Waals surface area (Å²) in [4.78, 5) is 0. The molecule has 0 bridgehead atoms. The summed E-state index contributed by atoms with van der Waals surface area (Å²) in [6, 6.07) is 9.83. The first-order chi connectivity index (χ1) is 7.71. The maximum Gasteiger partial charge on any atom is 0.182 e. The normalized spacial score (nSPS) is 20.7.